The molecule has 1 atom stereocenters. The number of anilines is 1. The van der Waals surface area contributed by atoms with E-state index in [1.54, 1.807) is 11.0 Å². The molecule has 0 aliphatic carbocycles. The number of fused-ring (bicyclic) bond motifs is 1. The predicted octanol–water partition coefficient (Wildman–Crippen LogP) is 4.88. The minimum Gasteiger partial charge on any atom is -0.292 e. The number of carbonyl (C=O) groups is 1. The molecular formula is C26H26F2N4O. The quantitative estimate of drug-likeness (QED) is 0.558. The number of carbonyl (C=O) groups excluding carboxylic acids is 1. The molecule has 7 heteroatoms. The molecule has 5 nitrogen and oxygen atoms in total. The van der Waals surface area contributed by atoms with Crippen LogP contribution in [-0.2, 0) is 24.3 Å². The standard InChI is InChI=1S/C26H26F2N4O/c1-17-22-11-12-24(33)32(16-19-4-2-5-21(28)14-19)26(22)30-25(29-17)23-6-3-13-31(23)15-18-7-9-20(27)10-8-18/h2,4-5,7-10,14,23H,3,6,11-13,15-16H2,1H3/t23-/m0/s1. The van der Waals surface area contributed by atoms with Gasteiger partial charge in [0.1, 0.15) is 23.3 Å². The summed E-state index contributed by atoms with van der Waals surface area (Å²) in [4.78, 5) is 26.6. The molecule has 3 aromatic rings. The van der Waals surface area contributed by atoms with Crippen molar-refractivity contribution in [3.8, 4) is 0 Å². The number of halogens is 2. The summed E-state index contributed by atoms with van der Waals surface area (Å²) in [5.74, 6) is 0.786. The van der Waals surface area contributed by atoms with Gasteiger partial charge in [-0.3, -0.25) is 14.6 Å². The summed E-state index contributed by atoms with van der Waals surface area (Å²) in [6.45, 7) is 3.85. The smallest absolute Gasteiger partial charge is 0.228 e. The molecule has 0 spiro atoms. The molecule has 2 aromatic carbocycles. The second-order valence-electron chi connectivity index (χ2n) is 8.83. The lowest BCUT2D eigenvalue weighted by atomic mass is 10.0. The van der Waals surface area contributed by atoms with Crippen molar-refractivity contribution in [1.29, 1.82) is 0 Å². The average molecular weight is 449 g/mol. The predicted molar refractivity (Wildman–Crippen MR) is 121 cm³/mol. The molecular weight excluding hydrogens is 422 g/mol. The highest BCUT2D eigenvalue weighted by Gasteiger charge is 2.33. The molecule has 5 rings (SSSR count). The van der Waals surface area contributed by atoms with Gasteiger partial charge in [-0.2, -0.15) is 0 Å². The van der Waals surface area contributed by atoms with Crippen molar-refractivity contribution >= 4 is 11.7 Å². The van der Waals surface area contributed by atoms with Gasteiger partial charge in [0.05, 0.1) is 12.6 Å². The normalized spacial score (nSPS) is 18.6. The van der Waals surface area contributed by atoms with E-state index < -0.39 is 0 Å². The van der Waals surface area contributed by atoms with Gasteiger partial charge in [0.25, 0.3) is 0 Å². The van der Waals surface area contributed by atoms with Crippen LogP contribution in [0.4, 0.5) is 14.6 Å². The van der Waals surface area contributed by atoms with Gasteiger partial charge in [-0.15, -0.1) is 0 Å². The molecule has 1 aromatic heterocycles. The molecule has 3 heterocycles. The Morgan fingerprint density at radius 2 is 1.79 bits per heavy atom. The van der Waals surface area contributed by atoms with Gasteiger partial charge >= 0.3 is 0 Å². The number of amides is 1. The number of rotatable bonds is 5. The van der Waals surface area contributed by atoms with Crippen LogP contribution in [0.15, 0.2) is 48.5 Å². The zero-order chi connectivity index (χ0) is 22.9. The molecule has 0 unspecified atom stereocenters. The fraction of sp³-hybridized carbons (Fsp3) is 0.346. The van der Waals surface area contributed by atoms with Gasteiger partial charge < -0.3 is 0 Å². The van der Waals surface area contributed by atoms with E-state index >= 15 is 0 Å². The minimum atomic E-state index is -0.320. The number of likely N-dealkylation sites (tertiary alicyclic amines) is 1. The van der Waals surface area contributed by atoms with Crippen LogP contribution >= 0.6 is 0 Å². The van der Waals surface area contributed by atoms with Gasteiger partial charge in [0.2, 0.25) is 5.91 Å². The molecule has 0 radical (unpaired) electrons. The summed E-state index contributed by atoms with van der Waals surface area (Å²) in [7, 11) is 0. The van der Waals surface area contributed by atoms with Crippen molar-refractivity contribution in [1.82, 2.24) is 14.9 Å². The maximum absolute atomic E-state index is 13.7. The third-order valence-electron chi connectivity index (χ3n) is 6.55. The molecule has 33 heavy (non-hydrogen) atoms. The van der Waals surface area contributed by atoms with Crippen LogP contribution in [0.1, 0.15) is 53.5 Å². The van der Waals surface area contributed by atoms with Crippen LogP contribution in [0.5, 0.6) is 0 Å². The zero-order valence-corrected chi connectivity index (χ0v) is 18.6. The fourth-order valence-electron chi connectivity index (χ4n) is 4.87. The van der Waals surface area contributed by atoms with E-state index in [0.717, 1.165) is 41.8 Å². The summed E-state index contributed by atoms with van der Waals surface area (Å²) in [5.41, 5.74) is 3.65. The number of benzene rings is 2. The summed E-state index contributed by atoms with van der Waals surface area (Å²) in [6, 6.07) is 12.9. The SMILES string of the molecule is Cc1nc([C@@H]2CCCN2Cc2ccc(F)cc2)nc2c1CCC(=O)N2Cc1cccc(F)c1. The third kappa shape index (κ3) is 4.50. The van der Waals surface area contributed by atoms with Crippen molar-refractivity contribution in [2.24, 2.45) is 0 Å². The Bertz CT molecular complexity index is 1180. The highest BCUT2D eigenvalue weighted by molar-refractivity contribution is 5.95. The molecule has 0 N–H and O–H groups in total. The van der Waals surface area contributed by atoms with E-state index in [1.165, 1.54) is 24.3 Å². The van der Waals surface area contributed by atoms with Crippen LogP contribution in [0.3, 0.4) is 0 Å². The van der Waals surface area contributed by atoms with Crippen molar-refractivity contribution < 1.29 is 13.6 Å². The topological polar surface area (TPSA) is 49.3 Å². The molecule has 1 saturated heterocycles. The Kier molecular flexibility index (Phi) is 5.89. The van der Waals surface area contributed by atoms with Gasteiger partial charge in [-0.05, 0) is 68.1 Å². The number of nitrogens with zero attached hydrogens (tertiary/aromatic N) is 4. The van der Waals surface area contributed by atoms with Crippen LogP contribution < -0.4 is 4.90 Å². The van der Waals surface area contributed by atoms with Gasteiger partial charge in [-0.25, -0.2) is 18.7 Å². The van der Waals surface area contributed by atoms with Gasteiger partial charge in [0.15, 0.2) is 0 Å². The van der Waals surface area contributed by atoms with Gasteiger partial charge in [-0.1, -0.05) is 24.3 Å². The average Bonchev–Trinajstić information content (AvgIpc) is 3.25. The summed E-state index contributed by atoms with van der Waals surface area (Å²) < 4.78 is 27.0. The van der Waals surface area contributed by atoms with Crippen LogP contribution in [0.25, 0.3) is 0 Å². The van der Waals surface area contributed by atoms with Crippen molar-refractivity contribution in [2.75, 3.05) is 11.4 Å². The highest BCUT2D eigenvalue weighted by atomic mass is 19.1. The van der Waals surface area contributed by atoms with Crippen molar-refractivity contribution in [3.05, 3.63) is 88.4 Å². The largest absolute Gasteiger partial charge is 0.292 e. The third-order valence-corrected chi connectivity index (χ3v) is 6.55. The lowest BCUT2D eigenvalue weighted by Crippen LogP contribution is -2.37. The van der Waals surface area contributed by atoms with E-state index in [4.69, 9.17) is 9.97 Å². The van der Waals surface area contributed by atoms with Crippen LogP contribution in [0, 0.1) is 18.6 Å². The first kappa shape index (κ1) is 21.6. The minimum absolute atomic E-state index is 0.00889. The number of hydrogen-bond donors (Lipinski definition) is 0. The summed E-state index contributed by atoms with van der Waals surface area (Å²) in [5, 5.41) is 0. The van der Waals surface area contributed by atoms with E-state index in [0.29, 0.717) is 31.0 Å². The highest BCUT2D eigenvalue weighted by Crippen LogP contribution is 2.35. The maximum Gasteiger partial charge on any atom is 0.228 e. The van der Waals surface area contributed by atoms with Crippen molar-refractivity contribution in [2.45, 2.75) is 51.7 Å². The zero-order valence-electron chi connectivity index (χ0n) is 18.6. The van der Waals surface area contributed by atoms with Crippen LogP contribution in [-0.4, -0.2) is 27.3 Å². The second kappa shape index (κ2) is 8.98. The molecule has 170 valence electrons. The monoisotopic (exact) mass is 448 g/mol. The Morgan fingerprint density at radius 3 is 2.58 bits per heavy atom. The fourth-order valence-corrected chi connectivity index (χ4v) is 4.87. The summed E-state index contributed by atoms with van der Waals surface area (Å²) >= 11 is 0. The van der Waals surface area contributed by atoms with E-state index in [2.05, 4.69) is 4.90 Å². The number of hydrogen-bond acceptors (Lipinski definition) is 4. The lowest BCUT2D eigenvalue weighted by molar-refractivity contribution is -0.119. The maximum atomic E-state index is 13.7. The summed E-state index contributed by atoms with van der Waals surface area (Å²) in [6.07, 6.45) is 2.96. The number of aryl methyl sites for hydroxylation is 1. The Labute approximate surface area is 192 Å². The van der Waals surface area contributed by atoms with E-state index in [1.807, 2.05) is 25.1 Å². The van der Waals surface area contributed by atoms with Crippen LogP contribution in [0.2, 0.25) is 0 Å². The first-order chi connectivity index (χ1) is 16.0. The number of aromatic nitrogens is 2. The molecule has 2 aliphatic heterocycles. The molecule has 1 amide bonds. The Morgan fingerprint density at radius 1 is 0.970 bits per heavy atom. The van der Waals surface area contributed by atoms with Crippen molar-refractivity contribution in [3.63, 3.8) is 0 Å². The molecule has 1 fully saturated rings. The Hall–Kier alpha value is -3.19. The molecule has 0 bridgehead atoms. The lowest BCUT2D eigenvalue weighted by Gasteiger charge is -2.31. The van der Waals surface area contributed by atoms with E-state index in [-0.39, 0.29) is 30.1 Å². The molecule has 0 saturated carbocycles. The molecule has 2 aliphatic rings. The second-order valence-corrected chi connectivity index (χ2v) is 8.83. The Balaban J connectivity index is 1.46. The van der Waals surface area contributed by atoms with Gasteiger partial charge in [0, 0.05) is 24.2 Å². The van der Waals surface area contributed by atoms with E-state index in [9.17, 15) is 13.6 Å². The first-order valence-electron chi connectivity index (χ1n) is 11.4. The first-order valence-corrected chi connectivity index (χ1v) is 11.4.